The van der Waals surface area contributed by atoms with Crippen LogP contribution in [0.15, 0.2) is 47.4 Å². The molecule has 0 unspecified atom stereocenters. The van der Waals surface area contributed by atoms with E-state index in [1.165, 1.54) is 12.1 Å². The first-order valence-electron chi connectivity index (χ1n) is 7.95. The lowest BCUT2D eigenvalue weighted by atomic mass is 10.1. The zero-order chi connectivity index (χ0) is 20.0. The molecule has 0 saturated heterocycles. The monoisotopic (exact) mass is 394 g/mol. The summed E-state index contributed by atoms with van der Waals surface area (Å²) >= 11 is 0. The van der Waals surface area contributed by atoms with E-state index >= 15 is 0 Å². The number of nitrogens with one attached hydrogen (secondary N) is 2. The van der Waals surface area contributed by atoms with Crippen molar-refractivity contribution < 1.29 is 27.1 Å². The maximum absolute atomic E-state index is 13.1. The molecule has 0 aliphatic carbocycles. The third-order valence-electron chi connectivity index (χ3n) is 3.38. The molecule has 0 spiro atoms. The second-order valence-corrected chi connectivity index (χ2v) is 7.63. The minimum atomic E-state index is -4.07. The van der Waals surface area contributed by atoms with E-state index in [4.69, 9.17) is 4.74 Å². The molecule has 1 amide bonds. The van der Waals surface area contributed by atoms with Crippen LogP contribution in [-0.2, 0) is 24.3 Å². The molecule has 0 atom stereocenters. The Morgan fingerprint density at radius 3 is 2.37 bits per heavy atom. The Morgan fingerprint density at radius 1 is 1.07 bits per heavy atom. The summed E-state index contributed by atoms with van der Waals surface area (Å²) in [5, 5.41) is 2.59. The van der Waals surface area contributed by atoms with Gasteiger partial charge < -0.3 is 10.1 Å². The maximum Gasteiger partial charge on any atom is 0.321 e. The largest absolute Gasteiger partial charge is 0.455 e. The van der Waals surface area contributed by atoms with Crippen molar-refractivity contribution >= 4 is 27.6 Å². The molecule has 7 nitrogen and oxygen atoms in total. The van der Waals surface area contributed by atoms with Crippen LogP contribution >= 0.6 is 0 Å². The van der Waals surface area contributed by atoms with Gasteiger partial charge in [-0.1, -0.05) is 12.1 Å². The molecule has 0 radical (unpaired) electrons. The number of aryl methyl sites for hydroxylation is 2. The van der Waals surface area contributed by atoms with Crippen LogP contribution in [0.5, 0.6) is 0 Å². The summed E-state index contributed by atoms with van der Waals surface area (Å²) in [7, 11) is -4.07. The number of esters is 1. The van der Waals surface area contributed by atoms with Crippen molar-refractivity contribution in [2.75, 3.05) is 18.5 Å². The lowest BCUT2D eigenvalue weighted by Crippen LogP contribution is -2.32. The van der Waals surface area contributed by atoms with Crippen molar-refractivity contribution in [2.24, 2.45) is 0 Å². The first-order valence-corrected chi connectivity index (χ1v) is 9.43. The third kappa shape index (κ3) is 6.46. The molecule has 0 aliphatic heterocycles. The number of ether oxygens (including phenoxy) is 1. The molecule has 2 aromatic rings. The van der Waals surface area contributed by atoms with E-state index < -0.39 is 40.9 Å². The number of carbonyl (C=O) groups excluding carboxylic acids is 2. The van der Waals surface area contributed by atoms with Gasteiger partial charge in [0, 0.05) is 5.69 Å². The highest BCUT2D eigenvalue weighted by Crippen LogP contribution is 2.13. The van der Waals surface area contributed by atoms with Crippen molar-refractivity contribution in [3.05, 3.63) is 59.4 Å². The van der Waals surface area contributed by atoms with Gasteiger partial charge in [-0.3, -0.25) is 9.59 Å². The first-order chi connectivity index (χ1) is 12.7. The minimum Gasteiger partial charge on any atom is -0.455 e. The molecule has 0 fully saturated rings. The number of anilines is 1. The van der Waals surface area contributed by atoms with Crippen molar-refractivity contribution in [1.82, 2.24) is 4.72 Å². The summed E-state index contributed by atoms with van der Waals surface area (Å²) in [6, 6.07) is 9.82. The van der Waals surface area contributed by atoms with Gasteiger partial charge >= 0.3 is 5.97 Å². The highest BCUT2D eigenvalue weighted by molar-refractivity contribution is 7.89. The van der Waals surface area contributed by atoms with Crippen molar-refractivity contribution in [1.29, 1.82) is 0 Å². The van der Waals surface area contributed by atoms with E-state index in [-0.39, 0.29) is 4.90 Å². The number of hydrogen-bond acceptors (Lipinski definition) is 5. The first kappa shape index (κ1) is 20.5. The molecule has 0 aromatic heterocycles. The normalized spacial score (nSPS) is 11.1. The van der Waals surface area contributed by atoms with E-state index in [0.717, 1.165) is 23.3 Å². The third-order valence-corrected chi connectivity index (χ3v) is 4.78. The fraction of sp³-hybridized carbons (Fsp3) is 0.222. The fourth-order valence-electron chi connectivity index (χ4n) is 2.31. The quantitative estimate of drug-likeness (QED) is 0.699. The van der Waals surface area contributed by atoms with Crippen LogP contribution in [0.4, 0.5) is 10.1 Å². The van der Waals surface area contributed by atoms with Gasteiger partial charge in [-0.2, -0.15) is 4.72 Å². The average Bonchev–Trinajstić information content (AvgIpc) is 2.57. The Morgan fingerprint density at radius 2 is 1.74 bits per heavy atom. The standard InChI is InChI=1S/C18H19FN2O5S/c1-12-6-13(2)8-15(7-12)21-17(22)11-26-18(23)10-20-27(24,25)16-5-3-4-14(19)9-16/h3-9,20H,10-11H2,1-2H3,(H,21,22). The van der Waals surface area contributed by atoms with Crippen LogP contribution in [0.25, 0.3) is 0 Å². The summed E-state index contributed by atoms with van der Waals surface area (Å²) in [6.45, 7) is 2.52. The molecule has 0 saturated carbocycles. The van der Waals surface area contributed by atoms with Gasteiger partial charge in [0.1, 0.15) is 12.4 Å². The summed E-state index contributed by atoms with van der Waals surface area (Å²) in [5.74, 6) is -2.21. The van der Waals surface area contributed by atoms with Crippen LogP contribution < -0.4 is 10.0 Å². The number of amides is 1. The van der Waals surface area contributed by atoms with Crippen LogP contribution in [0, 0.1) is 19.7 Å². The van der Waals surface area contributed by atoms with E-state index in [1.54, 1.807) is 12.1 Å². The highest BCUT2D eigenvalue weighted by Gasteiger charge is 2.17. The number of halogens is 1. The second kappa shape index (κ2) is 8.74. The van der Waals surface area contributed by atoms with Crippen LogP contribution in [0.3, 0.4) is 0 Å². The van der Waals surface area contributed by atoms with Crippen LogP contribution in [0.1, 0.15) is 11.1 Å². The van der Waals surface area contributed by atoms with Gasteiger partial charge in [0.15, 0.2) is 6.61 Å². The van der Waals surface area contributed by atoms with E-state index in [9.17, 15) is 22.4 Å². The molecule has 0 bridgehead atoms. The Hall–Kier alpha value is -2.78. The zero-order valence-corrected chi connectivity index (χ0v) is 15.6. The molecule has 144 valence electrons. The van der Waals surface area contributed by atoms with Gasteiger partial charge in [-0.25, -0.2) is 12.8 Å². The Bertz CT molecular complexity index is 940. The molecule has 2 rings (SSSR count). The SMILES string of the molecule is Cc1cc(C)cc(NC(=O)COC(=O)CNS(=O)(=O)c2cccc(F)c2)c1. The Labute approximate surface area is 156 Å². The van der Waals surface area contributed by atoms with E-state index in [2.05, 4.69) is 5.32 Å². The van der Waals surface area contributed by atoms with E-state index in [1.807, 2.05) is 24.6 Å². The second-order valence-electron chi connectivity index (χ2n) is 5.87. The van der Waals surface area contributed by atoms with Crippen molar-refractivity contribution in [3.8, 4) is 0 Å². The molecule has 2 N–H and O–H groups in total. The van der Waals surface area contributed by atoms with Gasteiger partial charge in [0.05, 0.1) is 4.90 Å². The predicted molar refractivity (Wildman–Crippen MR) is 97.1 cm³/mol. The summed E-state index contributed by atoms with van der Waals surface area (Å²) in [4.78, 5) is 23.2. The Balaban J connectivity index is 1.82. The lowest BCUT2D eigenvalue weighted by molar-refractivity contribution is -0.146. The fourth-order valence-corrected chi connectivity index (χ4v) is 3.31. The molecule has 0 heterocycles. The maximum atomic E-state index is 13.1. The van der Waals surface area contributed by atoms with Gasteiger partial charge in [-0.15, -0.1) is 0 Å². The molecule has 27 heavy (non-hydrogen) atoms. The Kier molecular flexibility index (Phi) is 6.65. The summed E-state index contributed by atoms with van der Waals surface area (Å²) < 4.78 is 43.8. The van der Waals surface area contributed by atoms with Gasteiger partial charge in [0.2, 0.25) is 10.0 Å². The molecule has 0 aliphatic rings. The number of benzene rings is 2. The van der Waals surface area contributed by atoms with Gasteiger partial charge in [0.25, 0.3) is 5.91 Å². The lowest BCUT2D eigenvalue weighted by Gasteiger charge is -2.09. The molecular formula is C18H19FN2O5S. The van der Waals surface area contributed by atoms with Crippen LogP contribution in [-0.4, -0.2) is 33.4 Å². The summed E-state index contributed by atoms with van der Waals surface area (Å²) in [6.07, 6.45) is 0. The van der Waals surface area contributed by atoms with Crippen LogP contribution in [0.2, 0.25) is 0 Å². The molecule has 9 heteroatoms. The number of carbonyl (C=O) groups is 2. The number of sulfonamides is 1. The molecule has 2 aromatic carbocycles. The zero-order valence-electron chi connectivity index (χ0n) is 14.8. The average molecular weight is 394 g/mol. The highest BCUT2D eigenvalue weighted by atomic mass is 32.2. The summed E-state index contributed by atoms with van der Waals surface area (Å²) in [5.41, 5.74) is 2.50. The van der Waals surface area contributed by atoms with E-state index in [0.29, 0.717) is 5.69 Å². The van der Waals surface area contributed by atoms with Crippen molar-refractivity contribution in [2.45, 2.75) is 18.7 Å². The van der Waals surface area contributed by atoms with Crippen molar-refractivity contribution in [3.63, 3.8) is 0 Å². The van der Waals surface area contributed by atoms with Gasteiger partial charge in [-0.05, 0) is 55.3 Å². The topological polar surface area (TPSA) is 102 Å². The molecular weight excluding hydrogens is 375 g/mol. The smallest absolute Gasteiger partial charge is 0.321 e. The minimum absolute atomic E-state index is 0.317. The number of rotatable bonds is 7. The number of hydrogen-bond donors (Lipinski definition) is 2. The predicted octanol–water partition coefficient (Wildman–Crippen LogP) is 1.90.